The summed E-state index contributed by atoms with van der Waals surface area (Å²) in [5.41, 5.74) is 1.18. The van der Waals surface area contributed by atoms with Gasteiger partial charge in [0, 0.05) is 24.2 Å². The van der Waals surface area contributed by atoms with Crippen molar-refractivity contribution in [3.8, 4) is 6.07 Å². The van der Waals surface area contributed by atoms with Crippen LogP contribution in [0.15, 0.2) is 54.0 Å². The number of ether oxygens (including phenoxy) is 2. The number of aromatic amines is 1. The predicted molar refractivity (Wildman–Crippen MR) is 306 cm³/mol. The summed E-state index contributed by atoms with van der Waals surface area (Å²) in [7, 11) is -5.59. The molecule has 4 aliphatic rings. The first-order chi connectivity index (χ1) is 37.0. The maximum absolute atomic E-state index is 14.2. The van der Waals surface area contributed by atoms with Gasteiger partial charge in [0.2, 0.25) is 11.9 Å². The molecule has 3 saturated heterocycles. The van der Waals surface area contributed by atoms with Gasteiger partial charge >= 0.3 is 13.4 Å². The van der Waals surface area contributed by atoms with Gasteiger partial charge in [-0.1, -0.05) is 73.6 Å². The molecule has 0 spiro atoms. The van der Waals surface area contributed by atoms with E-state index in [0.29, 0.717) is 41.8 Å². The van der Waals surface area contributed by atoms with E-state index in [1.165, 1.54) is 17.2 Å². The number of aryl methyl sites for hydroxylation is 1. The number of amides is 2. The summed E-state index contributed by atoms with van der Waals surface area (Å²) in [4.78, 5) is 75.8. The minimum absolute atomic E-state index is 0.0194. The molecule has 79 heavy (non-hydrogen) atoms. The molecule has 0 aliphatic carbocycles. The summed E-state index contributed by atoms with van der Waals surface area (Å²) < 4.78 is 65.1. The summed E-state index contributed by atoms with van der Waals surface area (Å²) >= 11 is 12.3. The molecule has 5 aromatic rings. The van der Waals surface area contributed by atoms with Crippen LogP contribution in [0.1, 0.15) is 96.6 Å². The van der Waals surface area contributed by atoms with Crippen molar-refractivity contribution in [2.75, 3.05) is 36.6 Å². The van der Waals surface area contributed by atoms with E-state index < -0.39 is 103 Å². The van der Waals surface area contributed by atoms with Gasteiger partial charge in [-0.25, -0.2) is 15.0 Å². The van der Waals surface area contributed by atoms with Crippen LogP contribution < -0.4 is 15.8 Å². The quantitative estimate of drug-likeness (QED) is 0.0600. The van der Waals surface area contributed by atoms with Crippen LogP contribution in [0.25, 0.3) is 22.2 Å². The first-order valence-electron chi connectivity index (χ1n) is 26.3. The zero-order valence-electron chi connectivity index (χ0n) is 46.4. The zero-order chi connectivity index (χ0) is 57.2. The molecule has 0 saturated carbocycles. The van der Waals surface area contributed by atoms with E-state index in [2.05, 4.69) is 81.0 Å². The van der Waals surface area contributed by atoms with Gasteiger partial charge in [0.15, 0.2) is 40.3 Å². The van der Waals surface area contributed by atoms with Gasteiger partial charge in [-0.05, 0) is 90.4 Å². The lowest BCUT2D eigenvalue weighted by Gasteiger charge is -2.41. The van der Waals surface area contributed by atoms with E-state index in [9.17, 15) is 24.5 Å². The number of nitrogens with zero attached hydrogens (tertiary/aromatic N) is 8. The van der Waals surface area contributed by atoms with Gasteiger partial charge in [0.25, 0.3) is 11.5 Å². The van der Waals surface area contributed by atoms with Crippen molar-refractivity contribution in [1.29, 1.82) is 5.26 Å². The van der Waals surface area contributed by atoms with Crippen LogP contribution >= 0.6 is 13.4 Å². The number of nitrogens with one attached hydrogen (secondary N) is 2. The zero-order valence-corrected chi connectivity index (χ0v) is 51.8. The van der Waals surface area contributed by atoms with Crippen molar-refractivity contribution in [2.24, 2.45) is 5.92 Å². The summed E-state index contributed by atoms with van der Waals surface area (Å²) in [6.07, 6.45) is -3.11. The predicted octanol–water partition coefficient (Wildman–Crippen LogP) is 8.52. The lowest BCUT2D eigenvalue weighted by molar-refractivity contribution is -0.118. The van der Waals surface area contributed by atoms with Gasteiger partial charge in [0.05, 0.1) is 44.0 Å². The maximum atomic E-state index is 14.2. The number of rotatable bonds is 12. The second-order valence-corrected chi connectivity index (χ2v) is 38.7. The van der Waals surface area contributed by atoms with Crippen LogP contribution in [0, 0.1) is 17.2 Å². The summed E-state index contributed by atoms with van der Waals surface area (Å²) in [5, 5.41) is 12.4. The Morgan fingerprint density at radius 3 is 2.25 bits per heavy atom. The molecule has 1 aromatic carbocycles. The van der Waals surface area contributed by atoms with Gasteiger partial charge in [0.1, 0.15) is 54.4 Å². The number of imidazole rings is 1. The maximum Gasteiger partial charge on any atom is 0.327 e. The first kappa shape index (κ1) is 59.6. The standard InChI is InChI=1S/C50H70N10O13P2S2Si2/c1-29(2)43(61)56-48-55-42-35(44(62)57-48)54-28-60(42)46-38-37(72-78(9,10)49(3,4)5)33(69-46)25-66-74(64,76)70-36-32(26-67-75(77,71-38)65-23-17-21-51)68-47(39(36)73-79(11,12)50(6,7)8)59-24-31-20-16-22-58(40-34(31)41(59)53-27-52-40)45(63)30-18-14-13-15-19-30/h13-15,18-19,24,27-29,32-33,36-39,46-47H,16-17,20,22-23,25-26H2,1-12H3,(H,64,76)(H2,55,56,57,61,62)/t32-,33-,36-,37-,38-,39-,46-,47-,74?,75?/m1/s1. The number of hydrogen-bond acceptors (Lipinski definition) is 19. The fourth-order valence-electron chi connectivity index (χ4n) is 9.27. The molecule has 428 valence electrons. The highest BCUT2D eigenvalue weighted by Gasteiger charge is 2.57. The highest BCUT2D eigenvalue weighted by atomic mass is 32.5. The molecule has 23 nitrogen and oxygen atoms in total. The van der Waals surface area contributed by atoms with Gasteiger partial charge in [-0.2, -0.15) is 10.2 Å². The van der Waals surface area contributed by atoms with Crippen LogP contribution in [0.3, 0.4) is 0 Å². The first-order valence-corrected chi connectivity index (χ1v) is 37.2. The van der Waals surface area contributed by atoms with Crippen LogP contribution in [-0.2, 0) is 75.8 Å². The van der Waals surface area contributed by atoms with Crippen molar-refractivity contribution in [2.45, 2.75) is 160 Å². The average Bonchev–Trinajstić information content (AvgIpc) is 4.26. The molecule has 10 atom stereocenters. The summed E-state index contributed by atoms with van der Waals surface area (Å²) in [5.74, 6) is -0.702. The van der Waals surface area contributed by atoms with E-state index in [1.807, 2.05) is 42.1 Å². The molecule has 9 rings (SSSR count). The largest absolute Gasteiger partial charge is 0.408 e. The number of carbonyl (C=O) groups excluding carboxylic acids is 2. The van der Waals surface area contributed by atoms with Gasteiger partial charge in [-0.3, -0.25) is 43.2 Å². The molecule has 4 aromatic heterocycles. The number of H-pyrrole nitrogens is 1. The second kappa shape index (κ2) is 22.6. The second-order valence-electron chi connectivity index (χ2n) is 23.5. The lowest BCUT2D eigenvalue weighted by atomic mass is 10.1. The molecule has 3 N–H and O–H groups in total. The number of fused-ring (bicyclic) bond motifs is 4. The van der Waals surface area contributed by atoms with Gasteiger partial charge in [-0.15, -0.1) is 0 Å². The Bertz CT molecular complexity index is 3310. The molecular formula is C50H70N10O13P2S2Si2. The van der Waals surface area contributed by atoms with E-state index in [-0.39, 0.29) is 52.7 Å². The molecule has 8 heterocycles. The molecule has 0 radical (unpaired) electrons. The third-order valence-corrected chi connectivity index (χ3v) is 28.4. The molecular weight excluding hydrogens is 1130 g/mol. The molecule has 3 fully saturated rings. The Kier molecular flexibility index (Phi) is 17.0. The van der Waals surface area contributed by atoms with E-state index in [1.54, 1.807) is 30.9 Å². The van der Waals surface area contributed by atoms with Crippen molar-refractivity contribution >= 4 is 99.5 Å². The number of anilines is 2. The monoisotopic (exact) mass is 1200 g/mol. The third-order valence-electron chi connectivity index (χ3n) is 15.6. The van der Waals surface area contributed by atoms with E-state index in [0.717, 1.165) is 5.56 Å². The fraction of sp³-hybridized carbons (Fsp3) is 0.600. The highest BCUT2D eigenvalue weighted by molar-refractivity contribution is 8.07. The van der Waals surface area contributed by atoms with Crippen molar-refractivity contribution in [1.82, 2.24) is 34.1 Å². The van der Waals surface area contributed by atoms with Crippen LogP contribution in [0.5, 0.6) is 0 Å². The van der Waals surface area contributed by atoms with Crippen LogP contribution in [-0.4, -0.2) is 130 Å². The van der Waals surface area contributed by atoms with Crippen LogP contribution in [0.4, 0.5) is 11.8 Å². The molecule has 29 heteroatoms. The van der Waals surface area contributed by atoms with E-state index in [4.69, 9.17) is 74.5 Å². The molecule has 4 aliphatic heterocycles. The van der Waals surface area contributed by atoms with Crippen LogP contribution in [0.2, 0.25) is 36.3 Å². The number of carbonyl (C=O) groups is 2. The Balaban J connectivity index is 1.16. The molecule has 2 amide bonds. The summed E-state index contributed by atoms with van der Waals surface area (Å²) in [6, 6.07) is 11.1. The molecule has 2 bridgehead atoms. The fourth-order valence-corrected chi connectivity index (χ4v) is 15.4. The van der Waals surface area contributed by atoms with E-state index >= 15 is 0 Å². The third kappa shape index (κ3) is 12.2. The topological polar surface area (TPSA) is 271 Å². The Labute approximate surface area is 471 Å². The average molecular weight is 1200 g/mol. The summed E-state index contributed by atoms with van der Waals surface area (Å²) in [6.45, 7) is 15.2. The van der Waals surface area contributed by atoms with Crippen molar-refractivity contribution in [3.63, 3.8) is 0 Å². The minimum atomic E-state index is -4.35. The normalized spacial score (nSPS) is 28.2. The molecule has 2 unspecified atom stereocenters. The lowest BCUT2D eigenvalue weighted by Crippen LogP contribution is -2.50. The number of benzene rings is 1. The minimum Gasteiger partial charge on any atom is -0.408 e. The number of nitriles is 1. The number of hydrogen-bond donors (Lipinski definition) is 3. The Morgan fingerprint density at radius 2 is 1.58 bits per heavy atom. The smallest absolute Gasteiger partial charge is 0.327 e. The highest BCUT2D eigenvalue weighted by Crippen LogP contribution is 2.58. The SMILES string of the molecule is CC(C)C(=O)Nc1nc2c(ncn2[C@@H]2O[C@@H]3COP(O)(=S)O[C@H]4[C@@H](O[Si](C)(C)C(C)(C)C)[C@H](n5cc6c7c(ncnc75)N(C(=O)c5ccccc5)CCC6)O[C@@H]4COP(=S)(OCCC#N)O[C@@H]2[C@@H]3O[Si](C)(C)C(C)(C)C)c(=O)[nH]1. The van der Waals surface area contributed by atoms with Gasteiger partial charge < -0.3 is 41.4 Å². The number of aromatic nitrogens is 7. The Morgan fingerprint density at radius 1 is 0.911 bits per heavy atom. The van der Waals surface area contributed by atoms with Crippen molar-refractivity contribution in [3.05, 3.63) is 70.7 Å². The van der Waals surface area contributed by atoms with Crippen molar-refractivity contribution < 1.29 is 55.4 Å². The Hall–Kier alpha value is -4.05.